The number of nitrogens with one attached hydrogen (secondary N) is 1. The van der Waals surface area contributed by atoms with Crippen LogP contribution in [0.1, 0.15) is 20.3 Å². The molecule has 2 heteroatoms. The maximum absolute atomic E-state index is 4.48. The molecule has 1 rings (SSSR count). The minimum Gasteiger partial charge on any atom is -0.316 e. The zero-order chi connectivity index (χ0) is 6.91. The summed E-state index contributed by atoms with van der Waals surface area (Å²) in [6, 6.07) is 0. The monoisotopic (exact) mass is 145 g/mol. The van der Waals surface area contributed by atoms with Gasteiger partial charge in [-0.15, -0.1) is 0 Å². The van der Waals surface area contributed by atoms with E-state index in [1.165, 1.54) is 6.42 Å². The van der Waals surface area contributed by atoms with Crippen LogP contribution >= 0.6 is 12.6 Å². The molecular formula is C7H15NS. The van der Waals surface area contributed by atoms with Gasteiger partial charge in [0.15, 0.2) is 0 Å². The van der Waals surface area contributed by atoms with Crippen molar-refractivity contribution in [2.45, 2.75) is 25.5 Å². The molecule has 1 unspecified atom stereocenters. The Bertz CT molecular complexity index is 101. The SMILES string of the molecule is CC1(C)CCNCC1S. The molecule has 0 spiro atoms. The third-order valence-corrected chi connectivity index (χ3v) is 3.07. The van der Waals surface area contributed by atoms with Crippen molar-refractivity contribution in [2.75, 3.05) is 13.1 Å². The molecule has 1 nitrogen and oxygen atoms in total. The highest BCUT2D eigenvalue weighted by Crippen LogP contribution is 2.30. The molecule has 54 valence electrons. The molecule has 0 aromatic rings. The number of rotatable bonds is 0. The van der Waals surface area contributed by atoms with Crippen LogP contribution in [-0.2, 0) is 0 Å². The van der Waals surface area contributed by atoms with Crippen molar-refractivity contribution < 1.29 is 0 Å². The molecule has 1 aliphatic heterocycles. The van der Waals surface area contributed by atoms with E-state index in [0.717, 1.165) is 13.1 Å². The largest absolute Gasteiger partial charge is 0.316 e. The highest BCUT2D eigenvalue weighted by atomic mass is 32.1. The predicted octanol–water partition coefficient (Wildman–Crippen LogP) is 1.30. The summed E-state index contributed by atoms with van der Waals surface area (Å²) in [6.45, 7) is 6.79. The van der Waals surface area contributed by atoms with E-state index in [2.05, 4.69) is 31.8 Å². The van der Waals surface area contributed by atoms with Gasteiger partial charge in [-0.05, 0) is 18.4 Å². The lowest BCUT2D eigenvalue weighted by atomic mass is 9.83. The lowest BCUT2D eigenvalue weighted by Crippen LogP contribution is -2.42. The average Bonchev–Trinajstić information content (AvgIpc) is 1.77. The first-order valence-electron chi connectivity index (χ1n) is 3.52. The fourth-order valence-corrected chi connectivity index (χ4v) is 1.35. The Hall–Kier alpha value is 0.310. The second-order valence-corrected chi connectivity index (χ2v) is 4.08. The average molecular weight is 145 g/mol. The number of piperidine rings is 1. The molecule has 1 atom stereocenters. The quantitative estimate of drug-likeness (QED) is 0.490. The zero-order valence-electron chi connectivity index (χ0n) is 6.15. The van der Waals surface area contributed by atoms with Gasteiger partial charge < -0.3 is 5.32 Å². The Labute approximate surface area is 62.6 Å². The summed E-state index contributed by atoms with van der Waals surface area (Å²) in [5.74, 6) is 0. The molecule has 1 saturated heterocycles. The second-order valence-electron chi connectivity index (χ2n) is 3.46. The third kappa shape index (κ3) is 1.62. The summed E-state index contributed by atoms with van der Waals surface area (Å²) in [5, 5.41) is 3.85. The van der Waals surface area contributed by atoms with Crippen LogP contribution in [0.15, 0.2) is 0 Å². The summed E-state index contributed by atoms with van der Waals surface area (Å²) in [4.78, 5) is 0. The second kappa shape index (κ2) is 2.51. The fourth-order valence-electron chi connectivity index (χ4n) is 1.09. The standard InChI is InChI=1S/C7H15NS/c1-7(2)3-4-8-5-6(7)9/h6,8-9H,3-5H2,1-2H3. The molecule has 1 heterocycles. The normalized spacial score (nSPS) is 34.3. The van der Waals surface area contributed by atoms with Gasteiger partial charge in [-0.2, -0.15) is 12.6 Å². The minimum atomic E-state index is 0.439. The van der Waals surface area contributed by atoms with Crippen LogP contribution in [0.4, 0.5) is 0 Å². The number of thiol groups is 1. The van der Waals surface area contributed by atoms with Gasteiger partial charge in [0.25, 0.3) is 0 Å². The molecule has 0 saturated carbocycles. The van der Waals surface area contributed by atoms with Crippen molar-refractivity contribution in [3.8, 4) is 0 Å². The van der Waals surface area contributed by atoms with Gasteiger partial charge in [0.2, 0.25) is 0 Å². The van der Waals surface area contributed by atoms with Gasteiger partial charge in [-0.1, -0.05) is 13.8 Å². The smallest absolute Gasteiger partial charge is 0.0193 e. The molecule has 1 aliphatic rings. The fraction of sp³-hybridized carbons (Fsp3) is 1.00. The van der Waals surface area contributed by atoms with E-state index in [1.54, 1.807) is 0 Å². The molecule has 1 N–H and O–H groups in total. The maximum Gasteiger partial charge on any atom is 0.0193 e. The minimum absolute atomic E-state index is 0.439. The molecule has 0 bridgehead atoms. The molecule has 0 radical (unpaired) electrons. The van der Waals surface area contributed by atoms with Crippen molar-refractivity contribution in [1.29, 1.82) is 0 Å². The highest BCUT2D eigenvalue weighted by molar-refractivity contribution is 7.81. The van der Waals surface area contributed by atoms with Gasteiger partial charge >= 0.3 is 0 Å². The van der Waals surface area contributed by atoms with E-state index < -0.39 is 0 Å². The van der Waals surface area contributed by atoms with E-state index in [0.29, 0.717) is 10.7 Å². The maximum atomic E-state index is 4.48. The van der Waals surface area contributed by atoms with Gasteiger partial charge in [-0.25, -0.2) is 0 Å². The Balaban J connectivity index is 2.49. The van der Waals surface area contributed by atoms with Gasteiger partial charge in [0.1, 0.15) is 0 Å². The lowest BCUT2D eigenvalue weighted by Gasteiger charge is -2.35. The molecular weight excluding hydrogens is 130 g/mol. The molecule has 0 amide bonds. The van der Waals surface area contributed by atoms with E-state index in [-0.39, 0.29) is 0 Å². The van der Waals surface area contributed by atoms with Crippen LogP contribution in [0.25, 0.3) is 0 Å². The molecule has 0 aromatic heterocycles. The van der Waals surface area contributed by atoms with Crippen molar-refractivity contribution in [1.82, 2.24) is 5.32 Å². The summed E-state index contributed by atoms with van der Waals surface area (Å²) < 4.78 is 0. The van der Waals surface area contributed by atoms with Crippen LogP contribution in [-0.4, -0.2) is 18.3 Å². The zero-order valence-corrected chi connectivity index (χ0v) is 7.04. The van der Waals surface area contributed by atoms with Crippen molar-refractivity contribution in [2.24, 2.45) is 5.41 Å². The number of hydrogen-bond donors (Lipinski definition) is 2. The van der Waals surface area contributed by atoms with Gasteiger partial charge in [0, 0.05) is 11.8 Å². The van der Waals surface area contributed by atoms with Crippen molar-refractivity contribution in [3.63, 3.8) is 0 Å². The summed E-state index contributed by atoms with van der Waals surface area (Å²) in [6.07, 6.45) is 1.25. The van der Waals surface area contributed by atoms with Crippen molar-refractivity contribution >= 4 is 12.6 Å². The van der Waals surface area contributed by atoms with Crippen LogP contribution in [0.2, 0.25) is 0 Å². The van der Waals surface area contributed by atoms with E-state index in [4.69, 9.17) is 0 Å². The van der Waals surface area contributed by atoms with E-state index in [9.17, 15) is 0 Å². The first kappa shape index (κ1) is 7.42. The molecule has 9 heavy (non-hydrogen) atoms. The molecule has 1 fully saturated rings. The Kier molecular flexibility index (Phi) is 2.07. The van der Waals surface area contributed by atoms with Gasteiger partial charge in [0.05, 0.1) is 0 Å². The Morgan fingerprint density at radius 1 is 1.56 bits per heavy atom. The van der Waals surface area contributed by atoms with E-state index >= 15 is 0 Å². The Morgan fingerprint density at radius 3 is 2.56 bits per heavy atom. The first-order chi connectivity index (χ1) is 4.13. The summed E-state index contributed by atoms with van der Waals surface area (Å²) in [5.41, 5.74) is 0.439. The highest BCUT2D eigenvalue weighted by Gasteiger charge is 2.28. The summed E-state index contributed by atoms with van der Waals surface area (Å²) in [7, 11) is 0. The van der Waals surface area contributed by atoms with Crippen LogP contribution < -0.4 is 5.32 Å². The lowest BCUT2D eigenvalue weighted by molar-refractivity contribution is 0.272. The third-order valence-electron chi connectivity index (χ3n) is 2.19. The summed E-state index contributed by atoms with van der Waals surface area (Å²) >= 11 is 4.48. The molecule has 0 aromatic carbocycles. The molecule has 0 aliphatic carbocycles. The van der Waals surface area contributed by atoms with Crippen molar-refractivity contribution in [3.05, 3.63) is 0 Å². The predicted molar refractivity (Wildman–Crippen MR) is 44.0 cm³/mol. The van der Waals surface area contributed by atoms with Gasteiger partial charge in [-0.3, -0.25) is 0 Å². The van der Waals surface area contributed by atoms with Crippen LogP contribution in [0, 0.1) is 5.41 Å². The number of hydrogen-bond acceptors (Lipinski definition) is 2. The van der Waals surface area contributed by atoms with E-state index in [1.807, 2.05) is 0 Å². The topological polar surface area (TPSA) is 12.0 Å². The van der Waals surface area contributed by atoms with Crippen LogP contribution in [0.3, 0.4) is 0 Å². The van der Waals surface area contributed by atoms with Crippen LogP contribution in [0.5, 0.6) is 0 Å². The first-order valence-corrected chi connectivity index (χ1v) is 4.03. The Morgan fingerprint density at radius 2 is 2.22 bits per heavy atom.